The van der Waals surface area contributed by atoms with E-state index in [0.717, 1.165) is 9.54 Å². The van der Waals surface area contributed by atoms with Gasteiger partial charge in [0.25, 0.3) is 10.0 Å². The summed E-state index contributed by atoms with van der Waals surface area (Å²) in [7, 11) is -3.66. The molecule has 1 aliphatic rings. The first-order valence-electron chi connectivity index (χ1n) is 6.08. The maximum atomic E-state index is 12.6. The van der Waals surface area contributed by atoms with Crippen LogP contribution in [0.2, 0.25) is 0 Å². The van der Waals surface area contributed by atoms with E-state index in [1.54, 1.807) is 36.5 Å². The van der Waals surface area contributed by atoms with Gasteiger partial charge in [-0.1, -0.05) is 17.7 Å². The molecule has 104 valence electrons. The van der Waals surface area contributed by atoms with Crippen molar-refractivity contribution in [3.05, 3.63) is 42.1 Å². The van der Waals surface area contributed by atoms with Gasteiger partial charge in [-0.15, -0.1) is 0 Å². The van der Waals surface area contributed by atoms with Gasteiger partial charge in [-0.25, -0.2) is 23.2 Å². The minimum absolute atomic E-state index is 0.228. The highest BCUT2D eigenvalue weighted by atomic mass is 32.2. The molecule has 20 heavy (non-hydrogen) atoms. The Bertz CT molecular complexity index is 775. The fourth-order valence-corrected chi connectivity index (χ4v) is 3.37. The van der Waals surface area contributed by atoms with Gasteiger partial charge in [0.1, 0.15) is 0 Å². The molecular weight excluding hydrogens is 276 g/mol. The number of fused-ring (bicyclic) bond motifs is 1. The lowest BCUT2D eigenvalue weighted by molar-refractivity contribution is 0.588. The van der Waals surface area contributed by atoms with Crippen LogP contribution < -0.4 is 10.9 Å². The molecular formula is C13H14N4O2S. The molecule has 7 heteroatoms. The van der Waals surface area contributed by atoms with Crippen molar-refractivity contribution in [2.75, 3.05) is 11.6 Å². The number of anilines is 1. The molecule has 1 aliphatic heterocycles. The van der Waals surface area contributed by atoms with Gasteiger partial charge >= 0.3 is 0 Å². The molecule has 3 rings (SSSR count). The van der Waals surface area contributed by atoms with Crippen LogP contribution in [0.3, 0.4) is 0 Å². The Morgan fingerprint density at radius 3 is 2.60 bits per heavy atom. The average molecular weight is 290 g/mol. The van der Waals surface area contributed by atoms with Crippen LogP contribution >= 0.6 is 0 Å². The third-order valence-corrected chi connectivity index (χ3v) is 4.87. The lowest BCUT2D eigenvalue weighted by atomic mass is 10.2. The van der Waals surface area contributed by atoms with Crippen molar-refractivity contribution in [2.45, 2.75) is 11.8 Å². The van der Waals surface area contributed by atoms with E-state index in [-0.39, 0.29) is 4.90 Å². The van der Waals surface area contributed by atoms with Crippen molar-refractivity contribution in [1.29, 1.82) is 0 Å². The number of benzene rings is 1. The van der Waals surface area contributed by atoms with Crippen LogP contribution in [0, 0.1) is 6.92 Å². The highest BCUT2D eigenvalue weighted by molar-refractivity contribution is 7.90. The second-order valence-corrected chi connectivity index (χ2v) is 6.42. The van der Waals surface area contributed by atoms with E-state index in [2.05, 4.69) is 4.99 Å². The fraction of sp³-hybridized carbons (Fsp3) is 0.154. The number of rotatable bonds is 2. The van der Waals surface area contributed by atoms with Gasteiger partial charge in [0.2, 0.25) is 0 Å². The Hall–Kier alpha value is -2.12. The van der Waals surface area contributed by atoms with Gasteiger partial charge < -0.3 is 5.01 Å². The molecule has 0 radical (unpaired) electrons. The topological polar surface area (TPSA) is 80.7 Å². The highest BCUT2D eigenvalue weighted by Crippen LogP contribution is 2.33. The van der Waals surface area contributed by atoms with Crippen molar-refractivity contribution < 1.29 is 8.42 Å². The van der Waals surface area contributed by atoms with Crippen molar-refractivity contribution in [3.63, 3.8) is 0 Å². The molecule has 2 heterocycles. The first kappa shape index (κ1) is 12.9. The molecule has 0 fully saturated rings. The number of nitrogens with zero attached hydrogens (tertiary/aromatic N) is 3. The summed E-state index contributed by atoms with van der Waals surface area (Å²) in [4.78, 5) is 4.38. The standard InChI is InChI=1S/C13H14N4O2S/c1-10-2-4-11(5-3-10)20(18,19)17-8-6-12-13(17)15-7-9-16(12)14/h2-8H,9,14H2,1H3. The van der Waals surface area contributed by atoms with Gasteiger partial charge in [-0.3, -0.25) is 0 Å². The quantitative estimate of drug-likeness (QED) is 0.848. The van der Waals surface area contributed by atoms with Crippen molar-refractivity contribution in [1.82, 2.24) is 3.97 Å². The molecule has 6 nitrogen and oxygen atoms in total. The van der Waals surface area contributed by atoms with Crippen molar-refractivity contribution in [3.8, 4) is 0 Å². The maximum Gasteiger partial charge on any atom is 0.269 e. The summed E-state index contributed by atoms with van der Waals surface area (Å²) in [5, 5.41) is 1.46. The summed E-state index contributed by atoms with van der Waals surface area (Å²) in [6.45, 7) is 2.37. The molecule has 0 amide bonds. The van der Waals surface area contributed by atoms with Gasteiger partial charge in [0, 0.05) is 12.4 Å². The second kappa shape index (κ2) is 4.46. The summed E-state index contributed by atoms with van der Waals surface area (Å²) in [6.07, 6.45) is 3.06. The van der Waals surface area contributed by atoms with Gasteiger partial charge in [-0.05, 0) is 25.1 Å². The van der Waals surface area contributed by atoms with Gasteiger partial charge in [0.05, 0.1) is 17.1 Å². The maximum absolute atomic E-state index is 12.6. The van der Waals surface area contributed by atoms with Crippen LogP contribution in [0.5, 0.6) is 0 Å². The number of hydrogen-bond acceptors (Lipinski definition) is 5. The lowest BCUT2D eigenvalue weighted by Crippen LogP contribution is -2.34. The lowest BCUT2D eigenvalue weighted by Gasteiger charge is -2.20. The van der Waals surface area contributed by atoms with E-state index >= 15 is 0 Å². The predicted octanol–water partition coefficient (Wildman–Crippen LogP) is 1.43. The molecule has 0 unspecified atom stereocenters. The first-order valence-corrected chi connectivity index (χ1v) is 7.52. The Balaban J connectivity index is 2.14. The molecule has 0 bridgehead atoms. The van der Waals surface area contributed by atoms with E-state index < -0.39 is 10.0 Å². The number of hydrogen-bond donors (Lipinski definition) is 1. The number of aromatic nitrogens is 1. The molecule has 2 N–H and O–H groups in total. The monoisotopic (exact) mass is 290 g/mol. The third kappa shape index (κ3) is 1.91. The second-order valence-electron chi connectivity index (χ2n) is 4.60. The zero-order valence-electron chi connectivity index (χ0n) is 10.9. The Morgan fingerprint density at radius 1 is 1.20 bits per heavy atom. The summed E-state index contributed by atoms with van der Waals surface area (Å²) < 4.78 is 26.4. The van der Waals surface area contributed by atoms with E-state index in [0.29, 0.717) is 18.1 Å². The van der Waals surface area contributed by atoms with Crippen molar-refractivity contribution >= 4 is 27.7 Å². The fourth-order valence-electron chi connectivity index (χ4n) is 2.07. The zero-order chi connectivity index (χ0) is 14.3. The van der Waals surface area contributed by atoms with E-state index in [1.165, 1.54) is 11.2 Å². The van der Waals surface area contributed by atoms with Crippen LogP contribution in [-0.4, -0.2) is 25.1 Å². The van der Waals surface area contributed by atoms with Crippen LogP contribution in [0.4, 0.5) is 11.5 Å². The number of nitrogens with two attached hydrogens (primary N) is 1. The Morgan fingerprint density at radius 2 is 1.90 bits per heavy atom. The third-order valence-electron chi connectivity index (χ3n) is 3.18. The Kier molecular flexibility index (Phi) is 2.88. The summed E-state index contributed by atoms with van der Waals surface area (Å²) in [5.74, 6) is 6.13. The molecule has 0 saturated heterocycles. The van der Waals surface area contributed by atoms with Crippen LogP contribution in [0.25, 0.3) is 0 Å². The minimum Gasteiger partial charge on any atom is -0.302 e. The predicted molar refractivity (Wildman–Crippen MR) is 77.9 cm³/mol. The zero-order valence-corrected chi connectivity index (χ0v) is 11.7. The molecule has 0 saturated carbocycles. The SMILES string of the molecule is Cc1ccc(S(=O)(=O)n2ccc3c2N=CCN3N)cc1. The molecule has 1 aromatic carbocycles. The van der Waals surface area contributed by atoms with Crippen LogP contribution in [-0.2, 0) is 10.0 Å². The number of aryl methyl sites for hydroxylation is 1. The van der Waals surface area contributed by atoms with Crippen molar-refractivity contribution in [2.24, 2.45) is 10.8 Å². The smallest absolute Gasteiger partial charge is 0.269 e. The molecule has 2 aromatic rings. The molecule has 1 aromatic heterocycles. The number of aliphatic imine (C=N–C) groups is 1. The van der Waals surface area contributed by atoms with Crippen LogP contribution in [0.1, 0.15) is 5.56 Å². The van der Waals surface area contributed by atoms with Gasteiger partial charge in [0.15, 0.2) is 5.82 Å². The van der Waals surface area contributed by atoms with E-state index in [9.17, 15) is 8.42 Å². The average Bonchev–Trinajstić information content (AvgIpc) is 2.85. The summed E-state index contributed by atoms with van der Waals surface area (Å²) >= 11 is 0. The normalized spacial score (nSPS) is 14.4. The molecule has 0 atom stereocenters. The van der Waals surface area contributed by atoms with E-state index in [4.69, 9.17) is 5.84 Å². The minimum atomic E-state index is -3.66. The molecule has 0 aliphatic carbocycles. The molecule has 0 spiro atoms. The van der Waals surface area contributed by atoms with Crippen LogP contribution in [0.15, 0.2) is 46.4 Å². The largest absolute Gasteiger partial charge is 0.302 e. The van der Waals surface area contributed by atoms with E-state index in [1.807, 2.05) is 6.92 Å². The summed E-state index contributed by atoms with van der Waals surface area (Å²) in [6, 6.07) is 8.36. The highest BCUT2D eigenvalue weighted by Gasteiger charge is 2.24. The first-order chi connectivity index (χ1) is 9.50. The summed E-state index contributed by atoms with van der Waals surface area (Å²) in [5.41, 5.74) is 1.60. The van der Waals surface area contributed by atoms with Gasteiger partial charge in [-0.2, -0.15) is 0 Å². The Labute approximate surface area is 117 Å². The number of hydrazine groups is 1.